The number of rotatable bonds is 7. The van der Waals surface area contributed by atoms with Gasteiger partial charge >= 0.3 is 0 Å². The molecule has 0 amide bonds. The van der Waals surface area contributed by atoms with Gasteiger partial charge < -0.3 is 14.4 Å². The predicted octanol–water partition coefficient (Wildman–Crippen LogP) is 5.42. The van der Waals surface area contributed by atoms with Crippen LogP contribution < -0.4 is 14.4 Å². The van der Waals surface area contributed by atoms with Gasteiger partial charge in [-0.2, -0.15) is 0 Å². The average Bonchev–Trinajstić information content (AvgIpc) is 3.17. The van der Waals surface area contributed by atoms with Crippen molar-refractivity contribution in [2.45, 2.75) is 25.8 Å². The van der Waals surface area contributed by atoms with Crippen LogP contribution in [-0.2, 0) is 4.79 Å². The van der Waals surface area contributed by atoms with Crippen LogP contribution in [0.2, 0.25) is 0 Å². The largest absolute Gasteiger partial charge is 0.493 e. The Hall–Kier alpha value is -3.86. The second kappa shape index (κ2) is 9.33. The van der Waals surface area contributed by atoms with Gasteiger partial charge in [-0.25, -0.2) is 0 Å². The first kappa shape index (κ1) is 22.3. The van der Waals surface area contributed by atoms with E-state index < -0.39 is 12.0 Å². The molecule has 3 aromatic carbocycles. The van der Waals surface area contributed by atoms with Crippen LogP contribution in [0.25, 0.3) is 0 Å². The van der Waals surface area contributed by atoms with E-state index >= 15 is 0 Å². The third-order valence-electron chi connectivity index (χ3n) is 6.17. The van der Waals surface area contributed by atoms with Crippen molar-refractivity contribution in [3.05, 3.63) is 101 Å². The first-order valence-electron chi connectivity index (χ1n) is 10.8. The number of methoxy groups -OCH3 is 2. The Morgan fingerprint density at radius 2 is 1.42 bits per heavy atom. The molecule has 0 bridgehead atoms. The van der Waals surface area contributed by atoms with Crippen LogP contribution in [0.1, 0.15) is 35.7 Å². The highest BCUT2D eigenvalue weighted by atomic mass is 16.5. The predicted molar refractivity (Wildman–Crippen MR) is 129 cm³/mol. The summed E-state index contributed by atoms with van der Waals surface area (Å²) >= 11 is 0. The van der Waals surface area contributed by atoms with Crippen LogP contribution in [0.4, 0.5) is 5.69 Å². The van der Waals surface area contributed by atoms with Gasteiger partial charge in [0.05, 0.1) is 14.2 Å². The maximum absolute atomic E-state index is 14.0. The maximum Gasteiger partial charge on any atom is 0.186 e. The van der Waals surface area contributed by atoms with Crippen LogP contribution in [0.15, 0.2) is 90.1 Å². The number of Topliss-reactive ketones (excluding diaryl/α,β-unsaturated/α-hetero) is 2. The van der Waals surface area contributed by atoms with Crippen LogP contribution in [0, 0.1) is 0 Å². The van der Waals surface area contributed by atoms with Gasteiger partial charge in [0, 0.05) is 34.5 Å². The zero-order valence-corrected chi connectivity index (χ0v) is 19.2. The molecule has 0 saturated heterocycles. The van der Waals surface area contributed by atoms with Crippen molar-refractivity contribution in [3.8, 4) is 11.5 Å². The number of hydrogen-bond acceptors (Lipinski definition) is 5. The van der Waals surface area contributed by atoms with Crippen molar-refractivity contribution in [1.29, 1.82) is 0 Å². The van der Waals surface area contributed by atoms with E-state index in [1.807, 2.05) is 90.7 Å². The van der Waals surface area contributed by atoms with Crippen LogP contribution in [0.5, 0.6) is 11.5 Å². The average molecular weight is 442 g/mol. The highest BCUT2D eigenvalue weighted by Crippen LogP contribution is 2.46. The summed E-state index contributed by atoms with van der Waals surface area (Å²) in [6, 6.07) is 23.9. The molecule has 1 heterocycles. The van der Waals surface area contributed by atoms with Gasteiger partial charge in [-0.3, -0.25) is 9.59 Å². The van der Waals surface area contributed by atoms with Gasteiger partial charge in [0.2, 0.25) is 0 Å². The number of carbonyl (C=O) groups excluding carboxylic acids is 2. The van der Waals surface area contributed by atoms with Gasteiger partial charge in [-0.1, -0.05) is 60.7 Å². The van der Waals surface area contributed by atoms with E-state index in [2.05, 4.69) is 0 Å². The molecule has 168 valence electrons. The normalized spacial score (nSPS) is 17.8. The fourth-order valence-electron chi connectivity index (χ4n) is 4.72. The lowest BCUT2D eigenvalue weighted by atomic mass is 9.82. The van der Waals surface area contributed by atoms with E-state index in [9.17, 15) is 9.59 Å². The number of carbonyl (C=O) groups is 2. The molecular formula is C28H27NO4. The zero-order valence-electron chi connectivity index (χ0n) is 19.2. The molecule has 1 aliphatic rings. The summed E-state index contributed by atoms with van der Waals surface area (Å²) in [5, 5.41) is 0. The molecule has 5 nitrogen and oxygen atoms in total. The Labute approximate surface area is 194 Å². The summed E-state index contributed by atoms with van der Waals surface area (Å²) in [5.74, 6) is 0.662. The van der Waals surface area contributed by atoms with E-state index in [0.717, 1.165) is 16.9 Å². The molecular weight excluding hydrogens is 414 g/mol. The van der Waals surface area contributed by atoms with E-state index in [-0.39, 0.29) is 11.6 Å². The Bertz CT molecular complexity index is 1200. The van der Waals surface area contributed by atoms with Gasteiger partial charge in [0.25, 0.3) is 0 Å². The standard InChI is InChI=1S/C28H27NO4/c1-18-25(19(2)30)26(20-11-7-5-8-12-20)27(28(31)21-13-9-6-10-14-21)29(18)22-15-16-23(32-3)24(17-22)33-4/h5-17,26-27H,1-4H3. The molecule has 5 heteroatoms. The topological polar surface area (TPSA) is 55.8 Å². The Balaban J connectivity index is 1.94. The van der Waals surface area contributed by atoms with Gasteiger partial charge in [0.15, 0.2) is 23.1 Å². The van der Waals surface area contributed by atoms with Gasteiger partial charge in [0.1, 0.15) is 6.04 Å². The fourth-order valence-corrected chi connectivity index (χ4v) is 4.72. The number of allylic oxidation sites excluding steroid dienone is 1. The van der Waals surface area contributed by atoms with Crippen LogP contribution >= 0.6 is 0 Å². The van der Waals surface area contributed by atoms with Crippen molar-refractivity contribution >= 4 is 17.3 Å². The lowest BCUT2D eigenvalue weighted by molar-refractivity contribution is -0.113. The number of benzene rings is 3. The Morgan fingerprint density at radius 1 is 0.818 bits per heavy atom. The van der Waals surface area contributed by atoms with E-state index in [1.54, 1.807) is 21.1 Å². The van der Waals surface area contributed by atoms with Crippen molar-refractivity contribution in [3.63, 3.8) is 0 Å². The lowest BCUT2D eigenvalue weighted by Crippen LogP contribution is -2.40. The Morgan fingerprint density at radius 3 is 2.00 bits per heavy atom. The van der Waals surface area contributed by atoms with E-state index in [0.29, 0.717) is 22.6 Å². The van der Waals surface area contributed by atoms with Crippen molar-refractivity contribution < 1.29 is 19.1 Å². The lowest BCUT2D eigenvalue weighted by Gasteiger charge is -2.31. The summed E-state index contributed by atoms with van der Waals surface area (Å²) < 4.78 is 10.9. The number of anilines is 1. The third-order valence-corrected chi connectivity index (χ3v) is 6.17. The summed E-state index contributed by atoms with van der Waals surface area (Å²) in [6.45, 7) is 3.47. The van der Waals surface area contributed by atoms with E-state index in [1.165, 1.54) is 0 Å². The minimum atomic E-state index is -0.619. The van der Waals surface area contributed by atoms with E-state index in [4.69, 9.17) is 9.47 Å². The van der Waals surface area contributed by atoms with Gasteiger partial charge in [-0.05, 0) is 31.5 Å². The molecule has 2 unspecified atom stereocenters. The van der Waals surface area contributed by atoms with Crippen LogP contribution in [0.3, 0.4) is 0 Å². The molecule has 1 aliphatic heterocycles. The number of ether oxygens (including phenoxy) is 2. The van der Waals surface area contributed by atoms with Crippen molar-refractivity contribution in [2.75, 3.05) is 19.1 Å². The number of hydrogen-bond donors (Lipinski definition) is 0. The summed E-state index contributed by atoms with van der Waals surface area (Å²) in [4.78, 5) is 28.8. The molecule has 0 fully saturated rings. The summed E-state index contributed by atoms with van der Waals surface area (Å²) in [5.41, 5.74) is 3.70. The molecule has 0 radical (unpaired) electrons. The quantitative estimate of drug-likeness (QED) is 0.458. The summed E-state index contributed by atoms with van der Waals surface area (Å²) in [7, 11) is 3.16. The maximum atomic E-state index is 14.0. The molecule has 33 heavy (non-hydrogen) atoms. The molecule has 0 N–H and O–H groups in total. The second-order valence-corrected chi connectivity index (χ2v) is 8.03. The molecule has 2 atom stereocenters. The molecule has 0 aromatic heterocycles. The van der Waals surface area contributed by atoms with Crippen LogP contribution in [-0.4, -0.2) is 31.8 Å². The number of nitrogens with zero attached hydrogens (tertiary/aromatic N) is 1. The SMILES string of the molecule is COc1ccc(N2C(C)=C(C(C)=O)C(c3ccccc3)C2C(=O)c2ccccc2)cc1OC. The second-order valence-electron chi connectivity index (χ2n) is 8.03. The third kappa shape index (κ3) is 4.02. The monoisotopic (exact) mass is 441 g/mol. The Kier molecular flexibility index (Phi) is 6.31. The molecule has 0 spiro atoms. The van der Waals surface area contributed by atoms with Crippen molar-refractivity contribution in [2.24, 2.45) is 0 Å². The van der Waals surface area contributed by atoms with Crippen molar-refractivity contribution in [1.82, 2.24) is 0 Å². The van der Waals surface area contributed by atoms with Gasteiger partial charge in [-0.15, -0.1) is 0 Å². The molecule has 0 aliphatic carbocycles. The molecule has 0 saturated carbocycles. The fraction of sp³-hybridized carbons (Fsp3) is 0.214. The number of ketones is 2. The zero-order chi connectivity index (χ0) is 23.5. The summed E-state index contributed by atoms with van der Waals surface area (Å²) in [6.07, 6.45) is 0. The minimum Gasteiger partial charge on any atom is -0.493 e. The molecule has 3 aromatic rings. The minimum absolute atomic E-state index is 0.0461. The smallest absolute Gasteiger partial charge is 0.186 e. The highest BCUT2D eigenvalue weighted by Gasteiger charge is 2.46. The highest BCUT2D eigenvalue weighted by molar-refractivity contribution is 6.08. The first-order valence-corrected chi connectivity index (χ1v) is 10.8. The molecule has 4 rings (SSSR count). The first-order chi connectivity index (χ1) is 16.0.